The molecule has 1 amide bonds. The summed E-state index contributed by atoms with van der Waals surface area (Å²) < 4.78 is 5.55. The average molecular weight is 274 g/mol. The molecule has 2 fully saturated rings. The van der Waals surface area contributed by atoms with Crippen molar-refractivity contribution in [3.8, 4) is 5.75 Å². The number of ether oxygens (including phenoxy) is 1. The van der Waals surface area contributed by atoms with Gasteiger partial charge in [-0.15, -0.1) is 0 Å². The Morgan fingerprint density at radius 3 is 2.55 bits per heavy atom. The highest BCUT2D eigenvalue weighted by molar-refractivity contribution is 5.78. The van der Waals surface area contributed by atoms with Gasteiger partial charge < -0.3 is 15.0 Å². The molecule has 4 nitrogen and oxygen atoms in total. The molecule has 0 spiro atoms. The third kappa shape index (κ3) is 3.73. The largest absolute Gasteiger partial charge is 0.484 e. The average Bonchev–Trinajstić information content (AvgIpc) is 3.36. The van der Waals surface area contributed by atoms with E-state index in [4.69, 9.17) is 4.74 Å². The Morgan fingerprint density at radius 1 is 1.25 bits per heavy atom. The molecule has 0 atom stereocenters. The smallest absolute Gasteiger partial charge is 0.260 e. The molecule has 0 unspecified atom stereocenters. The molecule has 1 N–H and O–H groups in total. The van der Waals surface area contributed by atoms with Crippen LogP contribution in [-0.2, 0) is 11.3 Å². The van der Waals surface area contributed by atoms with Crippen LogP contribution in [0.2, 0.25) is 0 Å². The van der Waals surface area contributed by atoms with E-state index in [0.29, 0.717) is 6.04 Å². The van der Waals surface area contributed by atoms with Gasteiger partial charge in [-0.2, -0.15) is 0 Å². The molecule has 2 aliphatic rings. The maximum absolute atomic E-state index is 11.8. The summed E-state index contributed by atoms with van der Waals surface area (Å²) in [5, 5.41) is 3.48. The molecule has 20 heavy (non-hydrogen) atoms. The minimum atomic E-state index is 0.0620. The Bertz CT molecular complexity index is 464. The number of hydrogen-bond donors (Lipinski definition) is 1. The van der Waals surface area contributed by atoms with E-state index in [9.17, 15) is 4.79 Å². The van der Waals surface area contributed by atoms with E-state index in [1.807, 2.05) is 19.2 Å². The van der Waals surface area contributed by atoms with Crippen LogP contribution < -0.4 is 10.1 Å². The van der Waals surface area contributed by atoms with Crippen molar-refractivity contribution in [3.05, 3.63) is 29.8 Å². The first-order valence-electron chi connectivity index (χ1n) is 7.43. The van der Waals surface area contributed by atoms with Crippen molar-refractivity contribution in [1.29, 1.82) is 0 Å². The maximum Gasteiger partial charge on any atom is 0.260 e. The fourth-order valence-corrected chi connectivity index (χ4v) is 2.17. The number of amides is 1. The summed E-state index contributed by atoms with van der Waals surface area (Å²) in [6.07, 6.45) is 4.87. The van der Waals surface area contributed by atoms with Gasteiger partial charge in [-0.05, 0) is 43.4 Å². The molecule has 1 aromatic rings. The Morgan fingerprint density at radius 2 is 1.95 bits per heavy atom. The third-order valence-corrected chi connectivity index (χ3v) is 3.95. The summed E-state index contributed by atoms with van der Waals surface area (Å²) in [6.45, 7) is 1.04. The van der Waals surface area contributed by atoms with E-state index in [1.54, 1.807) is 4.90 Å². The van der Waals surface area contributed by atoms with Gasteiger partial charge in [-0.1, -0.05) is 12.1 Å². The summed E-state index contributed by atoms with van der Waals surface area (Å²) in [5.41, 5.74) is 1.26. The number of carbonyl (C=O) groups is 1. The van der Waals surface area contributed by atoms with E-state index in [1.165, 1.54) is 18.4 Å². The predicted molar refractivity (Wildman–Crippen MR) is 77.6 cm³/mol. The zero-order valence-electron chi connectivity index (χ0n) is 12.0. The molecule has 108 valence electrons. The van der Waals surface area contributed by atoms with Gasteiger partial charge in [0.15, 0.2) is 6.61 Å². The van der Waals surface area contributed by atoms with Crippen LogP contribution in [-0.4, -0.2) is 36.5 Å². The van der Waals surface area contributed by atoms with Crippen molar-refractivity contribution >= 4 is 5.91 Å². The highest BCUT2D eigenvalue weighted by Crippen LogP contribution is 2.25. The first-order chi connectivity index (χ1) is 9.72. The second-order valence-corrected chi connectivity index (χ2v) is 5.82. The molecule has 3 rings (SSSR count). The van der Waals surface area contributed by atoms with Crippen LogP contribution in [0.25, 0.3) is 0 Å². The molecule has 0 heterocycles. The van der Waals surface area contributed by atoms with E-state index < -0.39 is 0 Å². The van der Waals surface area contributed by atoms with Gasteiger partial charge in [-0.3, -0.25) is 4.79 Å². The summed E-state index contributed by atoms with van der Waals surface area (Å²) in [7, 11) is 1.86. The van der Waals surface area contributed by atoms with Crippen LogP contribution in [0.3, 0.4) is 0 Å². The normalized spacial score (nSPS) is 17.9. The number of nitrogens with one attached hydrogen (secondary N) is 1. The van der Waals surface area contributed by atoms with Crippen molar-refractivity contribution in [3.63, 3.8) is 0 Å². The lowest BCUT2D eigenvalue weighted by atomic mass is 10.2. The molecule has 2 saturated carbocycles. The Kier molecular flexibility index (Phi) is 3.92. The number of rotatable bonds is 7. The molecule has 0 aliphatic heterocycles. The lowest BCUT2D eigenvalue weighted by Crippen LogP contribution is -2.33. The van der Waals surface area contributed by atoms with Gasteiger partial charge in [0.25, 0.3) is 5.91 Å². The van der Waals surface area contributed by atoms with Crippen molar-refractivity contribution in [1.82, 2.24) is 10.2 Å². The van der Waals surface area contributed by atoms with Crippen LogP contribution in [0.15, 0.2) is 24.3 Å². The molecule has 0 aromatic heterocycles. The van der Waals surface area contributed by atoms with Gasteiger partial charge in [0.05, 0.1) is 0 Å². The predicted octanol–water partition coefficient (Wildman–Crippen LogP) is 1.94. The zero-order chi connectivity index (χ0) is 13.9. The number of benzene rings is 1. The molecule has 0 bridgehead atoms. The van der Waals surface area contributed by atoms with Gasteiger partial charge >= 0.3 is 0 Å². The molecular weight excluding hydrogens is 252 g/mol. The number of hydrogen-bond acceptors (Lipinski definition) is 3. The summed E-state index contributed by atoms with van der Waals surface area (Å²) in [6, 6.07) is 9.16. The van der Waals surface area contributed by atoms with Crippen LogP contribution in [0.5, 0.6) is 5.75 Å². The molecule has 1 aromatic carbocycles. The highest BCUT2D eigenvalue weighted by atomic mass is 16.5. The summed E-state index contributed by atoms with van der Waals surface area (Å²) in [4.78, 5) is 13.6. The zero-order valence-corrected chi connectivity index (χ0v) is 12.0. The van der Waals surface area contributed by atoms with Crippen molar-refractivity contribution in [2.75, 3.05) is 13.7 Å². The van der Waals surface area contributed by atoms with Gasteiger partial charge in [0.1, 0.15) is 5.75 Å². The Labute approximate surface area is 120 Å². The monoisotopic (exact) mass is 274 g/mol. The maximum atomic E-state index is 11.8. The first-order valence-corrected chi connectivity index (χ1v) is 7.43. The third-order valence-electron chi connectivity index (χ3n) is 3.95. The molecule has 0 radical (unpaired) electrons. The lowest BCUT2D eigenvalue weighted by molar-refractivity contribution is -0.132. The Balaban J connectivity index is 1.43. The SMILES string of the molecule is CN(C(=O)COc1ccc(CNC2CC2)cc1)C1CC1. The number of nitrogens with zero attached hydrogens (tertiary/aromatic N) is 1. The first kappa shape index (κ1) is 13.4. The van der Waals surface area contributed by atoms with Gasteiger partial charge in [-0.25, -0.2) is 0 Å². The number of likely N-dealkylation sites (N-methyl/N-ethyl adjacent to an activating group) is 1. The fraction of sp³-hybridized carbons (Fsp3) is 0.562. The van der Waals surface area contributed by atoms with Gasteiger partial charge in [0.2, 0.25) is 0 Å². The van der Waals surface area contributed by atoms with Crippen LogP contribution in [0.4, 0.5) is 0 Å². The van der Waals surface area contributed by atoms with Gasteiger partial charge in [0, 0.05) is 25.7 Å². The molecule has 2 aliphatic carbocycles. The molecule has 0 saturated heterocycles. The van der Waals surface area contributed by atoms with E-state index in [0.717, 1.165) is 31.2 Å². The second-order valence-electron chi connectivity index (χ2n) is 5.82. The molecule has 4 heteroatoms. The van der Waals surface area contributed by atoms with Crippen LogP contribution >= 0.6 is 0 Å². The lowest BCUT2D eigenvalue weighted by Gasteiger charge is -2.16. The quantitative estimate of drug-likeness (QED) is 0.826. The number of carbonyl (C=O) groups excluding carboxylic acids is 1. The van der Waals surface area contributed by atoms with E-state index >= 15 is 0 Å². The standard InChI is InChI=1S/C16H22N2O2/c1-18(14-6-7-14)16(19)11-20-15-8-2-12(3-9-15)10-17-13-4-5-13/h2-3,8-9,13-14,17H,4-7,10-11H2,1H3. The second kappa shape index (κ2) is 5.83. The summed E-state index contributed by atoms with van der Waals surface area (Å²) in [5.74, 6) is 0.824. The minimum absolute atomic E-state index is 0.0620. The van der Waals surface area contributed by atoms with Crippen molar-refractivity contribution in [2.45, 2.75) is 44.3 Å². The fourth-order valence-electron chi connectivity index (χ4n) is 2.17. The van der Waals surface area contributed by atoms with Crippen LogP contribution in [0, 0.1) is 0 Å². The van der Waals surface area contributed by atoms with Crippen molar-refractivity contribution < 1.29 is 9.53 Å². The highest BCUT2D eigenvalue weighted by Gasteiger charge is 2.29. The van der Waals surface area contributed by atoms with Crippen LogP contribution in [0.1, 0.15) is 31.2 Å². The minimum Gasteiger partial charge on any atom is -0.484 e. The topological polar surface area (TPSA) is 41.6 Å². The summed E-state index contributed by atoms with van der Waals surface area (Å²) >= 11 is 0. The van der Waals surface area contributed by atoms with E-state index in [-0.39, 0.29) is 12.5 Å². The Hall–Kier alpha value is -1.55. The molecular formula is C16H22N2O2. The van der Waals surface area contributed by atoms with E-state index in [2.05, 4.69) is 17.4 Å². The van der Waals surface area contributed by atoms with Crippen molar-refractivity contribution in [2.24, 2.45) is 0 Å².